The Morgan fingerprint density at radius 3 is 2.28 bits per heavy atom. The second-order valence-corrected chi connectivity index (χ2v) is 5.88. The summed E-state index contributed by atoms with van der Waals surface area (Å²) in [6.45, 7) is 7.07. The molecule has 0 aromatic heterocycles. The van der Waals surface area contributed by atoms with E-state index in [1.807, 2.05) is 13.8 Å². The summed E-state index contributed by atoms with van der Waals surface area (Å²) >= 11 is 0. The van der Waals surface area contributed by atoms with E-state index in [1.54, 1.807) is 13.8 Å². The fraction of sp³-hybridized carbons (Fsp3) is 1.00. The Hall–Kier alpha value is -0.200. The first kappa shape index (κ1) is 15.9. The van der Waals surface area contributed by atoms with Crippen LogP contribution in [-0.4, -0.2) is 42.0 Å². The van der Waals surface area contributed by atoms with Crippen LogP contribution in [0.1, 0.15) is 47.0 Å². The number of methoxy groups -OCH3 is 1. The molecule has 2 aliphatic rings. The first-order valence-corrected chi connectivity index (χ1v) is 6.53. The van der Waals surface area contributed by atoms with E-state index in [0.29, 0.717) is 0 Å². The van der Waals surface area contributed by atoms with Crippen molar-refractivity contribution in [1.82, 2.24) is 0 Å². The minimum atomic E-state index is -0.958. The lowest BCUT2D eigenvalue weighted by Crippen LogP contribution is -2.44. The largest absolute Gasteiger partial charge is 0.366 e. The molecule has 3 unspecified atom stereocenters. The molecule has 5 heteroatoms. The molecule has 0 aromatic carbocycles. The number of aliphatic hydroxyl groups is 1. The van der Waals surface area contributed by atoms with E-state index in [1.165, 1.54) is 13.5 Å². The molecular weight excluding hydrogens is 234 g/mol. The second-order valence-electron chi connectivity index (χ2n) is 5.88. The Balaban J connectivity index is 0.000000232. The van der Waals surface area contributed by atoms with E-state index in [4.69, 9.17) is 20.3 Å². The van der Waals surface area contributed by atoms with Crippen molar-refractivity contribution >= 4 is 0 Å². The molecule has 3 atom stereocenters. The topological polar surface area (TPSA) is 73.9 Å². The standard InChI is InChI=1S/C9H17NO2.C4H10O2/c1-9(2)11-7-5-3-4-6(10)8(7)12-9;1-4(2,5)6-3/h6-8H,3-5,10H2,1-2H3;5H,1-3H3. The van der Waals surface area contributed by atoms with Crippen LogP contribution < -0.4 is 5.73 Å². The molecule has 1 heterocycles. The zero-order valence-corrected chi connectivity index (χ0v) is 12.1. The van der Waals surface area contributed by atoms with Crippen LogP contribution in [0, 0.1) is 0 Å². The smallest absolute Gasteiger partial charge is 0.163 e. The highest BCUT2D eigenvalue weighted by atomic mass is 16.8. The summed E-state index contributed by atoms with van der Waals surface area (Å²) in [5.41, 5.74) is 5.94. The normalized spacial score (nSPS) is 34.5. The maximum atomic E-state index is 8.60. The Kier molecular flexibility index (Phi) is 5.14. The van der Waals surface area contributed by atoms with E-state index in [9.17, 15) is 0 Å². The molecule has 1 saturated carbocycles. The van der Waals surface area contributed by atoms with Gasteiger partial charge in [0, 0.05) is 13.2 Å². The Morgan fingerprint density at radius 2 is 1.83 bits per heavy atom. The van der Waals surface area contributed by atoms with E-state index in [2.05, 4.69) is 4.74 Å². The molecule has 5 nitrogen and oxygen atoms in total. The van der Waals surface area contributed by atoms with Crippen LogP contribution in [0.3, 0.4) is 0 Å². The average molecular weight is 261 g/mol. The van der Waals surface area contributed by atoms with Gasteiger partial charge in [-0.1, -0.05) is 0 Å². The Morgan fingerprint density at radius 1 is 1.28 bits per heavy atom. The molecule has 0 spiro atoms. The third-order valence-corrected chi connectivity index (χ3v) is 3.17. The van der Waals surface area contributed by atoms with E-state index in [-0.39, 0.29) is 18.2 Å². The van der Waals surface area contributed by atoms with Gasteiger partial charge in [-0.05, 0) is 47.0 Å². The number of nitrogens with two attached hydrogens (primary N) is 1. The van der Waals surface area contributed by atoms with Crippen molar-refractivity contribution in [3.8, 4) is 0 Å². The molecule has 0 radical (unpaired) electrons. The highest BCUT2D eigenvalue weighted by molar-refractivity contribution is 4.92. The van der Waals surface area contributed by atoms with E-state index in [0.717, 1.165) is 12.8 Å². The van der Waals surface area contributed by atoms with Gasteiger partial charge in [-0.15, -0.1) is 0 Å². The number of rotatable bonds is 1. The van der Waals surface area contributed by atoms with Gasteiger partial charge in [-0.25, -0.2) is 0 Å². The van der Waals surface area contributed by atoms with Crippen molar-refractivity contribution in [2.75, 3.05) is 7.11 Å². The van der Waals surface area contributed by atoms with Crippen molar-refractivity contribution in [2.24, 2.45) is 5.73 Å². The first-order chi connectivity index (χ1) is 8.14. The highest BCUT2D eigenvalue weighted by Crippen LogP contribution is 2.35. The van der Waals surface area contributed by atoms with Gasteiger partial charge < -0.3 is 25.1 Å². The molecule has 2 rings (SSSR count). The van der Waals surface area contributed by atoms with Crippen LogP contribution in [-0.2, 0) is 14.2 Å². The van der Waals surface area contributed by atoms with Gasteiger partial charge in [0.2, 0.25) is 0 Å². The quantitative estimate of drug-likeness (QED) is 0.698. The van der Waals surface area contributed by atoms with Crippen molar-refractivity contribution in [2.45, 2.75) is 76.8 Å². The zero-order chi connectivity index (χ0) is 14.0. The maximum absolute atomic E-state index is 8.60. The molecule has 1 aliphatic heterocycles. The van der Waals surface area contributed by atoms with Crippen molar-refractivity contribution in [3.63, 3.8) is 0 Å². The van der Waals surface area contributed by atoms with Crippen LogP contribution in [0.4, 0.5) is 0 Å². The van der Waals surface area contributed by atoms with Gasteiger partial charge in [0.15, 0.2) is 11.6 Å². The molecule has 0 bridgehead atoms. The van der Waals surface area contributed by atoms with Crippen molar-refractivity contribution in [1.29, 1.82) is 0 Å². The van der Waals surface area contributed by atoms with Gasteiger partial charge in [0.25, 0.3) is 0 Å². The van der Waals surface area contributed by atoms with Crippen LogP contribution >= 0.6 is 0 Å². The van der Waals surface area contributed by atoms with Crippen molar-refractivity contribution < 1.29 is 19.3 Å². The molecule has 1 aliphatic carbocycles. The third kappa shape index (κ3) is 4.82. The Labute approximate surface area is 110 Å². The molecule has 0 amide bonds. The summed E-state index contributed by atoms with van der Waals surface area (Å²) in [5.74, 6) is -1.38. The van der Waals surface area contributed by atoms with Crippen molar-refractivity contribution in [3.05, 3.63) is 0 Å². The SMILES string of the molecule is CC1(C)OC2CCCC(N)C2O1.COC(C)(C)O. The van der Waals surface area contributed by atoms with Crippen LogP contribution in [0.25, 0.3) is 0 Å². The zero-order valence-electron chi connectivity index (χ0n) is 12.1. The molecule has 3 N–H and O–H groups in total. The lowest BCUT2D eigenvalue weighted by atomic mass is 9.91. The van der Waals surface area contributed by atoms with E-state index < -0.39 is 11.6 Å². The molecule has 18 heavy (non-hydrogen) atoms. The number of fused-ring (bicyclic) bond motifs is 1. The van der Waals surface area contributed by atoms with Gasteiger partial charge >= 0.3 is 0 Å². The predicted octanol–water partition coefficient (Wildman–Crippen LogP) is 1.38. The molecule has 1 saturated heterocycles. The fourth-order valence-corrected chi connectivity index (χ4v) is 2.17. The lowest BCUT2D eigenvalue weighted by molar-refractivity contribution is -0.155. The van der Waals surface area contributed by atoms with Gasteiger partial charge in [-0.2, -0.15) is 0 Å². The minimum Gasteiger partial charge on any atom is -0.366 e. The monoisotopic (exact) mass is 261 g/mol. The summed E-state index contributed by atoms with van der Waals surface area (Å²) in [5, 5.41) is 8.60. The highest BCUT2D eigenvalue weighted by Gasteiger charge is 2.45. The van der Waals surface area contributed by atoms with Crippen LogP contribution in [0.15, 0.2) is 0 Å². The number of hydrogen-bond acceptors (Lipinski definition) is 5. The van der Waals surface area contributed by atoms with Crippen LogP contribution in [0.2, 0.25) is 0 Å². The van der Waals surface area contributed by atoms with Gasteiger partial charge in [-0.3, -0.25) is 0 Å². The molecule has 0 aromatic rings. The summed E-state index contributed by atoms with van der Waals surface area (Å²) < 4.78 is 15.9. The fourth-order valence-electron chi connectivity index (χ4n) is 2.17. The summed E-state index contributed by atoms with van der Waals surface area (Å²) in [6.07, 6.45) is 3.71. The minimum absolute atomic E-state index is 0.133. The number of ether oxygens (including phenoxy) is 3. The van der Waals surface area contributed by atoms with E-state index >= 15 is 0 Å². The summed E-state index contributed by atoms with van der Waals surface area (Å²) in [7, 11) is 1.46. The Bertz CT molecular complexity index is 262. The lowest BCUT2D eigenvalue weighted by Gasteiger charge is -2.27. The molecular formula is C13H27NO4. The summed E-state index contributed by atoms with van der Waals surface area (Å²) in [6, 6.07) is 0.172. The average Bonchev–Trinajstić information content (AvgIpc) is 2.54. The predicted molar refractivity (Wildman–Crippen MR) is 69.0 cm³/mol. The number of hydrogen-bond donors (Lipinski definition) is 2. The second kappa shape index (κ2) is 5.84. The van der Waals surface area contributed by atoms with Gasteiger partial charge in [0.05, 0.1) is 6.10 Å². The van der Waals surface area contributed by atoms with Gasteiger partial charge in [0.1, 0.15) is 6.10 Å². The maximum Gasteiger partial charge on any atom is 0.163 e. The first-order valence-electron chi connectivity index (χ1n) is 6.53. The molecule has 108 valence electrons. The summed E-state index contributed by atoms with van der Waals surface area (Å²) in [4.78, 5) is 0. The third-order valence-electron chi connectivity index (χ3n) is 3.17. The van der Waals surface area contributed by atoms with Crippen LogP contribution in [0.5, 0.6) is 0 Å². The molecule has 2 fully saturated rings.